The molecule has 2 N–H and O–H groups in total. The van der Waals surface area contributed by atoms with Crippen LogP contribution in [0.5, 0.6) is 5.75 Å². The lowest BCUT2D eigenvalue weighted by atomic mass is 9.88. The first-order valence-electron chi connectivity index (χ1n) is 8.47. The summed E-state index contributed by atoms with van der Waals surface area (Å²) in [4.78, 5) is 25.5. The number of carboxylic acid groups (broad SMARTS) is 1. The van der Waals surface area contributed by atoms with Crippen LogP contribution in [-0.2, 0) is 4.79 Å². The average Bonchev–Trinajstić information content (AvgIpc) is 3.07. The Kier molecular flexibility index (Phi) is 4.41. The van der Waals surface area contributed by atoms with Crippen molar-refractivity contribution in [3.05, 3.63) is 69.9 Å². The van der Waals surface area contributed by atoms with Crippen LogP contribution < -0.4 is 10.1 Å². The largest absolute Gasteiger partial charge is 0.497 e. The van der Waals surface area contributed by atoms with Gasteiger partial charge in [0.25, 0.3) is 0 Å². The van der Waals surface area contributed by atoms with Gasteiger partial charge in [0.1, 0.15) is 10.6 Å². The number of carbonyl (C=O) groups is 2. The number of amides is 1. The molecule has 0 radical (unpaired) electrons. The number of thiophene rings is 1. The highest BCUT2D eigenvalue weighted by molar-refractivity contribution is 7.15. The average molecular weight is 379 g/mol. The number of anilines is 1. The van der Waals surface area contributed by atoms with Gasteiger partial charge in [-0.05, 0) is 23.3 Å². The number of nitrogens with one attached hydrogen (secondary N) is 1. The molecule has 1 unspecified atom stereocenters. The maximum atomic E-state index is 12.4. The molecule has 1 amide bonds. The van der Waals surface area contributed by atoms with E-state index in [9.17, 15) is 14.7 Å². The van der Waals surface area contributed by atoms with Crippen LogP contribution in [0.3, 0.4) is 0 Å². The number of hydrogen-bond donors (Lipinski definition) is 2. The molecule has 0 saturated carbocycles. The Morgan fingerprint density at radius 2 is 1.96 bits per heavy atom. The van der Waals surface area contributed by atoms with Crippen LogP contribution in [0, 0.1) is 0 Å². The predicted octanol–water partition coefficient (Wildman–Crippen LogP) is 4.60. The molecule has 1 atom stereocenters. The van der Waals surface area contributed by atoms with Crippen molar-refractivity contribution >= 4 is 28.9 Å². The third-order valence-electron chi connectivity index (χ3n) is 4.66. The van der Waals surface area contributed by atoms with E-state index in [1.54, 1.807) is 7.11 Å². The van der Waals surface area contributed by atoms with Crippen LogP contribution in [0.2, 0.25) is 0 Å². The molecule has 6 heteroatoms. The Labute approximate surface area is 160 Å². The van der Waals surface area contributed by atoms with Crippen molar-refractivity contribution in [3.63, 3.8) is 0 Å². The zero-order chi connectivity index (χ0) is 19.0. The van der Waals surface area contributed by atoms with Crippen molar-refractivity contribution < 1.29 is 19.4 Å². The number of aromatic carboxylic acids is 1. The topological polar surface area (TPSA) is 75.6 Å². The molecular formula is C21H17NO4S. The molecule has 5 nitrogen and oxygen atoms in total. The molecule has 0 aliphatic carbocycles. The first kappa shape index (κ1) is 17.3. The molecule has 136 valence electrons. The summed E-state index contributed by atoms with van der Waals surface area (Å²) < 4.78 is 5.31. The van der Waals surface area contributed by atoms with Crippen LogP contribution in [0.15, 0.2) is 54.6 Å². The third kappa shape index (κ3) is 3.08. The Morgan fingerprint density at radius 1 is 1.19 bits per heavy atom. The molecule has 1 aliphatic heterocycles. The maximum absolute atomic E-state index is 12.4. The Hall–Kier alpha value is -3.12. The van der Waals surface area contributed by atoms with Gasteiger partial charge in [-0.25, -0.2) is 4.79 Å². The van der Waals surface area contributed by atoms with Gasteiger partial charge in [0.2, 0.25) is 5.91 Å². The standard InChI is InChI=1S/C21H17NO4S/c1-26-14-9-5-8-13(10-14)15-11-16(23)22-18-17(12-6-3-2-4-7-12)20(21(24)25)27-19(15)18/h2-10,15H,11H2,1H3,(H,22,23)(H,24,25). The van der Waals surface area contributed by atoms with Gasteiger partial charge in [-0.1, -0.05) is 42.5 Å². The van der Waals surface area contributed by atoms with Crippen LogP contribution >= 0.6 is 11.3 Å². The number of methoxy groups -OCH3 is 1. The number of carboxylic acids is 1. The van der Waals surface area contributed by atoms with Gasteiger partial charge >= 0.3 is 5.97 Å². The molecule has 27 heavy (non-hydrogen) atoms. The number of rotatable bonds is 4. The lowest BCUT2D eigenvalue weighted by Crippen LogP contribution is -2.22. The van der Waals surface area contributed by atoms with E-state index < -0.39 is 5.97 Å². The van der Waals surface area contributed by atoms with Crippen molar-refractivity contribution in [3.8, 4) is 16.9 Å². The minimum atomic E-state index is -0.994. The number of benzene rings is 2. The van der Waals surface area contributed by atoms with Crippen molar-refractivity contribution in [2.75, 3.05) is 12.4 Å². The van der Waals surface area contributed by atoms with E-state index >= 15 is 0 Å². The van der Waals surface area contributed by atoms with Crippen LogP contribution in [-0.4, -0.2) is 24.1 Å². The third-order valence-corrected chi connectivity index (χ3v) is 5.95. The van der Waals surface area contributed by atoms with E-state index in [1.807, 2.05) is 54.6 Å². The molecule has 4 rings (SSSR count). The van der Waals surface area contributed by atoms with Crippen molar-refractivity contribution in [1.29, 1.82) is 0 Å². The summed E-state index contributed by atoms with van der Waals surface area (Å²) in [7, 11) is 1.60. The van der Waals surface area contributed by atoms with Crippen LogP contribution in [0.25, 0.3) is 11.1 Å². The van der Waals surface area contributed by atoms with Gasteiger partial charge in [-0.15, -0.1) is 11.3 Å². The fourth-order valence-electron chi connectivity index (χ4n) is 3.45. The Morgan fingerprint density at radius 3 is 2.67 bits per heavy atom. The van der Waals surface area contributed by atoms with Gasteiger partial charge in [0, 0.05) is 22.8 Å². The highest BCUT2D eigenvalue weighted by atomic mass is 32.1. The van der Waals surface area contributed by atoms with Crippen LogP contribution in [0.4, 0.5) is 5.69 Å². The second-order valence-electron chi connectivity index (χ2n) is 6.30. The van der Waals surface area contributed by atoms with Gasteiger partial charge < -0.3 is 15.2 Å². The molecule has 2 heterocycles. The predicted molar refractivity (Wildman–Crippen MR) is 105 cm³/mol. The first-order valence-corrected chi connectivity index (χ1v) is 9.29. The lowest BCUT2D eigenvalue weighted by Gasteiger charge is -2.24. The lowest BCUT2D eigenvalue weighted by molar-refractivity contribution is -0.116. The second kappa shape index (κ2) is 6.89. The van der Waals surface area contributed by atoms with Gasteiger partial charge in [0.15, 0.2) is 0 Å². The quantitative estimate of drug-likeness (QED) is 0.695. The van der Waals surface area contributed by atoms with Crippen molar-refractivity contribution in [1.82, 2.24) is 0 Å². The first-order chi connectivity index (χ1) is 13.1. The highest BCUT2D eigenvalue weighted by Crippen LogP contribution is 2.49. The van der Waals surface area contributed by atoms with E-state index in [2.05, 4.69) is 5.32 Å². The van der Waals surface area contributed by atoms with E-state index in [1.165, 1.54) is 11.3 Å². The smallest absolute Gasteiger partial charge is 0.346 e. The minimum absolute atomic E-state index is 0.123. The van der Waals surface area contributed by atoms with E-state index in [0.717, 1.165) is 16.0 Å². The number of carbonyl (C=O) groups excluding carboxylic acids is 1. The monoisotopic (exact) mass is 379 g/mol. The molecule has 1 aliphatic rings. The summed E-state index contributed by atoms with van der Waals surface area (Å²) in [6.07, 6.45) is 0.272. The van der Waals surface area contributed by atoms with Crippen LogP contribution in [0.1, 0.15) is 32.5 Å². The molecule has 0 fully saturated rings. The van der Waals surface area contributed by atoms with E-state index in [4.69, 9.17) is 4.74 Å². The summed E-state index contributed by atoms with van der Waals surface area (Å²) >= 11 is 1.23. The van der Waals surface area contributed by atoms with E-state index in [-0.39, 0.29) is 23.1 Å². The summed E-state index contributed by atoms with van der Waals surface area (Å²) in [6.45, 7) is 0. The minimum Gasteiger partial charge on any atom is -0.497 e. The summed E-state index contributed by atoms with van der Waals surface area (Å²) in [5.74, 6) is -0.614. The zero-order valence-electron chi connectivity index (χ0n) is 14.6. The summed E-state index contributed by atoms with van der Waals surface area (Å²) in [5, 5.41) is 12.7. The second-order valence-corrected chi connectivity index (χ2v) is 7.35. The van der Waals surface area contributed by atoms with E-state index in [0.29, 0.717) is 17.0 Å². The van der Waals surface area contributed by atoms with Gasteiger partial charge in [-0.3, -0.25) is 4.79 Å². The van der Waals surface area contributed by atoms with Gasteiger partial charge in [0.05, 0.1) is 12.8 Å². The number of hydrogen-bond acceptors (Lipinski definition) is 4. The highest BCUT2D eigenvalue weighted by Gasteiger charge is 2.34. The number of ether oxygens (including phenoxy) is 1. The fraction of sp³-hybridized carbons (Fsp3) is 0.143. The summed E-state index contributed by atoms with van der Waals surface area (Å²) in [6, 6.07) is 16.9. The fourth-order valence-corrected chi connectivity index (χ4v) is 4.69. The zero-order valence-corrected chi connectivity index (χ0v) is 15.4. The molecule has 2 aromatic carbocycles. The molecular weight excluding hydrogens is 362 g/mol. The molecule has 0 bridgehead atoms. The number of fused-ring (bicyclic) bond motifs is 1. The molecule has 0 saturated heterocycles. The Bertz CT molecular complexity index is 1030. The van der Waals surface area contributed by atoms with Crippen molar-refractivity contribution in [2.24, 2.45) is 0 Å². The SMILES string of the molecule is COc1cccc(C2CC(=O)Nc3c2sc(C(=O)O)c3-c2ccccc2)c1. The maximum Gasteiger partial charge on any atom is 0.346 e. The molecule has 0 spiro atoms. The normalized spacial score (nSPS) is 15.7. The van der Waals surface area contributed by atoms with Crippen molar-refractivity contribution in [2.45, 2.75) is 12.3 Å². The Balaban J connectivity index is 1.92. The molecule has 3 aromatic rings. The molecule has 1 aromatic heterocycles. The van der Waals surface area contributed by atoms with Gasteiger partial charge in [-0.2, -0.15) is 0 Å². The summed E-state index contributed by atoms with van der Waals surface area (Å²) in [5.41, 5.74) is 2.89.